The molecular weight excluding hydrogens is 347 g/mol. The van der Waals surface area contributed by atoms with E-state index in [2.05, 4.69) is 78.5 Å². The number of rotatable bonds is 1. The molecule has 3 atom stereocenters. The summed E-state index contributed by atoms with van der Waals surface area (Å²) in [5, 5.41) is 0. The zero-order valence-electron chi connectivity index (χ0n) is 16.0. The van der Waals surface area contributed by atoms with E-state index in [9.17, 15) is 0 Å². The van der Waals surface area contributed by atoms with Crippen molar-refractivity contribution in [1.82, 2.24) is 0 Å². The molecule has 1 aliphatic rings. The molecule has 128 valence electrons. The Balaban J connectivity index is 3.32. The van der Waals surface area contributed by atoms with E-state index in [1.807, 2.05) is 0 Å². The van der Waals surface area contributed by atoms with Crippen molar-refractivity contribution in [2.45, 2.75) is 13.8 Å². The molecule has 0 amide bonds. The van der Waals surface area contributed by atoms with E-state index < -0.39 is 20.5 Å². The summed E-state index contributed by atoms with van der Waals surface area (Å²) in [6.45, 7) is 22.4. The van der Waals surface area contributed by atoms with Gasteiger partial charge in [0.2, 0.25) is 0 Å². The quantitative estimate of drug-likeness (QED) is 0.372. The minimum absolute atomic E-state index is 0.0238. The molecule has 0 radical (unpaired) electrons. The Labute approximate surface area is 138 Å². The molecule has 0 aromatic rings. The van der Waals surface area contributed by atoms with Gasteiger partial charge in [0.25, 0.3) is 0 Å². The first-order valence-electron chi connectivity index (χ1n) is 8.30. The zero-order chi connectivity index (χ0) is 16.6. The average Bonchev–Trinajstić information content (AvgIpc) is 2.32. The second-order valence-electron chi connectivity index (χ2n) is 9.01. The van der Waals surface area contributed by atoms with Crippen molar-refractivity contribution in [2.75, 3.05) is 65.6 Å². The fraction of sp³-hybridized carbons (Fsp3) is 0.875. The summed E-state index contributed by atoms with van der Waals surface area (Å²) in [5.41, 5.74) is 7.63. The molecule has 1 aliphatic heterocycles. The van der Waals surface area contributed by atoms with E-state index in [4.69, 9.17) is 0 Å². The molecule has 0 saturated carbocycles. The summed E-state index contributed by atoms with van der Waals surface area (Å²) in [6.07, 6.45) is 3.09. The van der Waals surface area contributed by atoms with Crippen molar-refractivity contribution in [1.29, 1.82) is 0 Å². The first kappa shape index (κ1) is 20.8. The fourth-order valence-corrected chi connectivity index (χ4v) is 29.4. The second kappa shape index (κ2) is 7.30. The van der Waals surface area contributed by atoms with Gasteiger partial charge in [-0.3, -0.25) is 0 Å². The predicted molar refractivity (Wildman–Crippen MR) is 122 cm³/mol. The first-order chi connectivity index (χ1) is 9.31. The number of hydrogen-bond donors (Lipinski definition) is 0. The normalized spacial score (nSPS) is 39.5. The Bertz CT molecular complexity index is 428. The first-order valence-corrected chi connectivity index (χ1v) is 24.0. The third-order valence-corrected chi connectivity index (χ3v) is 47.9. The van der Waals surface area contributed by atoms with E-state index in [-0.39, 0.29) is 15.2 Å². The van der Waals surface area contributed by atoms with E-state index >= 15 is 0 Å². The molecule has 1 heterocycles. The molecule has 0 nitrogen and oxygen atoms in total. The molecule has 1 rings (SSSR count). The molecule has 0 aromatic carbocycles. The third-order valence-electron chi connectivity index (χ3n) is 6.27. The summed E-state index contributed by atoms with van der Waals surface area (Å²) in [6, 6.07) is 0. The summed E-state index contributed by atoms with van der Waals surface area (Å²) >= 11 is 0. The van der Waals surface area contributed by atoms with Gasteiger partial charge >= 0.3 is 138 Å². The minimum atomic E-state index is -1.17. The monoisotopic (exact) mass is 386 g/mol. The van der Waals surface area contributed by atoms with Crippen LogP contribution in [0, 0.1) is 23.2 Å². The van der Waals surface area contributed by atoms with Crippen molar-refractivity contribution in [3.63, 3.8) is 0 Å². The second-order valence-corrected chi connectivity index (χ2v) is 43.1. The van der Waals surface area contributed by atoms with Gasteiger partial charge in [-0.25, -0.2) is 0 Å². The van der Waals surface area contributed by atoms with Crippen LogP contribution in [0.15, 0.2) is 0 Å². The van der Waals surface area contributed by atoms with Crippen molar-refractivity contribution in [2.24, 2.45) is 11.8 Å². The summed E-state index contributed by atoms with van der Waals surface area (Å²) in [4.78, 5) is 0. The topological polar surface area (TPSA) is 0 Å². The molecule has 0 aromatic heterocycles. The standard InChI is InChI=1S/C16H39P5/c1-15(2)16-13-19(5,6)17(3)11-12-18(4)21(9,10)20(7,8)14-16/h15-16,19-21H,13-14H2,1-10H3. The molecule has 0 N–H and O–H groups in total. The van der Waals surface area contributed by atoms with E-state index in [1.54, 1.807) is 6.16 Å². The molecule has 3 unspecified atom stereocenters. The van der Waals surface area contributed by atoms with E-state index in [0.717, 1.165) is 11.8 Å². The summed E-state index contributed by atoms with van der Waals surface area (Å²) in [7, 11) is -0.0499. The predicted octanol–water partition coefficient (Wildman–Crippen LogP) is 6.19. The summed E-state index contributed by atoms with van der Waals surface area (Å²) in [5.74, 6) is 1.82. The molecule has 0 spiro atoms. The van der Waals surface area contributed by atoms with Crippen LogP contribution >= 0.6 is 35.8 Å². The van der Waals surface area contributed by atoms with Gasteiger partial charge in [0.15, 0.2) is 0 Å². The van der Waals surface area contributed by atoms with Crippen LogP contribution in [-0.4, -0.2) is 65.6 Å². The van der Waals surface area contributed by atoms with Crippen molar-refractivity contribution >= 4 is 35.8 Å². The fourth-order valence-electron chi connectivity index (χ4n) is 3.12. The van der Waals surface area contributed by atoms with Crippen LogP contribution in [0.2, 0.25) is 0 Å². The van der Waals surface area contributed by atoms with Gasteiger partial charge in [0, 0.05) is 0 Å². The SMILES string of the molecule is CC(C)C1C[PH](C)(C)P(C)C#CP(C)[PH](C)(C)[PH](C)(C)C1. The van der Waals surface area contributed by atoms with Gasteiger partial charge in [0.1, 0.15) is 0 Å². The van der Waals surface area contributed by atoms with E-state index in [1.165, 1.54) is 6.16 Å². The average molecular weight is 386 g/mol. The Kier molecular flexibility index (Phi) is 7.22. The van der Waals surface area contributed by atoms with Gasteiger partial charge in [-0.1, -0.05) is 0 Å². The summed E-state index contributed by atoms with van der Waals surface area (Å²) < 4.78 is 0. The Morgan fingerprint density at radius 3 is 1.81 bits per heavy atom. The van der Waals surface area contributed by atoms with Crippen LogP contribution in [0.1, 0.15) is 13.8 Å². The molecule has 0 saturated heterocycles. The molecule has 0 bridgehead atoms. The van der Waals surface area contributed by atoms with Crippen molar-refractivity contribution < 1.29 is 0 Å². The van der Waals surface area contributed by atoms with Crippen LogP contribution in [0.25, 0.3) is 0 Å². The molecule has 5 heteroatoms. The van der Waals surface area contributed by atoms with Gasteiger partial charge in [0.05, 0.1) is 0 Å². The molecule has 21 heavy (non-hydrogen) atoms. The van der Waals surface area contributed by atoms with Gasteiger partial charge in [-0.2, -0.15) is 0 Å². The van der Waals surface area contributed by atoms with Gasteiger partial charge in [-0.15, -0.1) is 0 Å². The molecule has 0 fully saturated rings. The van der Waals surface area contributed by atoms with Crippen LogP contribution in [0.4, 0.5) is 0 Å². The van der Waals surface area contributed by atoms with Crippen LogP contribution in [0.5, 0.6) is 0 Å². The Morgan fingerprint density at radius 2 is 1.33 bits per heavy atom. The Morgan fingerprint density at radius 1 is 0.857 bits per heavy atom. The number of hydrogen-bond acceptors (Lipinski definition) is 0. The van der Waals surface area contributed by atoms with Gasteiger partial charge < -0.3 is 0 Å². The molecular formula is C16H39P5. The maximum absolute atomic E-state index is 3.82. The Hall–Kier alpha value is 1.71. The zero-order valence-corrected chi connectivity index (χ0v) is 20.8. The van der Waals surface area contributed by atoms with Crippen molar-refractivity contribution in [3.05, 3.63) is 0 Å². The van der Waals surface area contributed by atoms with E-state index in [0.29, 0.717) is 0 Å². The van der Waals surface area contributed by atoms with Gasteiger partial charge in [-0.05, 0) is 0 Å². The van der Waals surface area contributed by atoms with Crippen LogP contribution in [-0.2, 0) is 0 Å². The third kappa shape index (κ3) is 4.85. The maximum atomic E-state index is 3.82. The van der Waals surface area contributed by atoms with Crippen LogP contribution in [0.3, 0.4) is 0 Å². The van der Waals surface area contributed by atoms with Crippen LogP contribution < -0.4 is 0 Å². The van der Waals surface area contributed by atoms with Crippen molar-refractivity contribution in [3.8, 4) is 11.3 Å². The molecule has 0 aliphatic carbocycles.